The Bertz CT molecular complexity index is 729. The number of hydrogen-bond acceptors (Lipinski definition) is 8. The molecule has 1 heterocycles. The van der Waals surface area contributed by atoms with Crippen LogP contribution >= 0.6 is 0 Å². The molecular weight excluding hydrogens is 320 g/mol. The van der Waals surface area contributed by atoms with Crippen molar-refractivity contribution in [2.45, 2.75) is 6.54 Å². The van der Waals surface area contributed by atoms with Gasteiger partial charge in [0, 0.05) is 0 Å². The van der Waals surface area contributed by atoms with Crippen molar-refractivity contribution in [3.05, 3.63) is 35.3 Å². The summed E-state index contributed by atoms with van der Waals surface area (Å²) >= 11 is 0. The average Bonchev–Trinajstić information content (AvgIpc) is 3.03. The summed E-state index contributed by atoms with van der Waals surface area (Å²) in [4.78, 5) is 15.2. The molecule has 1 aromatic heterocycles. The van der Waals surface area contributed by atoms with Crippen LogP contribution in [0.25, 0.3) is 0 Å². The molecule has 1 aromatic carbocycles. The molecule has 0 aliphatic heterocycles. The highest BCUT2D eigenvalue weighted by atomic mass is 16.8. The number of rotatable bonds is 7. The molecule has 11 heteroatoms. The van der Waals surface area contributed by atoms with Crippen LogP contribution in [0.4, 0.5) is 5.95 Å². The standard InChI is InChI=1S/C13H16N6O5/c1-23-10-4-3-9(5-11(10)24-2)6-15-16-12(20)7-18-8-14-13(17-18)19(21)22/h3-6,8,19,21H,7H2,1-2H3,(H,16,20)/b15-6+. The van der Waals surface area contributed by atoms with Crippen LogP contribution in [0.5, 0.6) is 11.5 Å². The summed E-state index contributed by atoms with van der Waals surface area (Å²) in [7, 11) is 3.05. The van der Waals surface area contributed by atoms with Crippen LogP contribution in [0.2, 0.25) is 0 Å². The number of nitrogens with one attached hydrogen (secondary N) is 2. The molecule has 0 aliphatic carbocycles. The lowest BCUT2D eigenvalue weighted by Gasteiger charge is -2.07. The minimum absolute atomic E-state index is 0.205. The fourth-order valence-corrected chi connectivity index (χ4v) is 1.76. The summed E-state index contributed by atoms with van der Waals surface area (Å²) in [6, 6.07) is 5.16. The number of ether oxygens (including phenoxy) is 2. The van der Waals surface area contributed by atoms with Gasteiger partial charge >= 0.3 is 5.95 Å². The molecule has 128 valence electrons. The highest BCUT2D eigenvalue weighted by molar-refractivity contribution is 5.83. The molecule has 0 radical (unpaired) electrons. The van der Waals surface area contributed by atoms with Crippen molar-refractivity contribution in [3.8, 4) is 11.5 Å². The highest BCUT2D eigenvalue weighted by Gasteiger charge is 2.09. The first-order valence-corrected chi connectivity index (χ1v) is 6.70. The Morgan fingerprint density at radius 2 is 2.21 bits per heavy atom. The van der Waals surface area contributed by atoms with Crippen molar-refractivity contribution in [1.29, 1.82) is 0 Å². The Balaban J connectivity index is 1.92. The average molecular weight is 336 g/mol. The molecule has 0 fully saturated rings. The zero-order chi connectivity index (χ0) is 17.5. The highest BCUT2D eigenvalue weighted by Crippen LogP contribution is 2.26. The molecule has 0 spiro atoms. The predicted molar refractivity (Wildman–Crippen MR) is 81.1 cm³/mol. The van der Waals surface area contributed by atoms with Crippen LogP contribution in [-0.2, 0) is 11.3 Å². The predicted octanol–water partition coefficient (Wildman–Crippen LogP) is -1.15. The maximum Gasteiger partial charge on any atom is 0.379 e. The first-order chi connectivity index (χ1) is 11.5. The molecular formula is C13H16N6O5. The van der Waals surface area contributed by atoms with Crippen LogP contribution < -0.4 is 20.1 Å². The topological polar surface area (TPSA) is 138 Å². The molecule has 1 atom stereocenters. The fraction of sp³-hybridized carbons (Fsp3) is 0.231. The number of aromatic nitrogens is 3. The van der Waals surface area contributed by atoms with E-state index in [4.69, 9.17) is 14.7 Å². The molecule has 0 saturated heterocycles. The second kappa shape index (κ2) is 8.01. The lowest BCUT2D eigenvalue weighted by atomic mass is 10.2. The van der Waals surface area contributed by atoms with Gasteiger partial charge in [-0.3, -0.25) is 4.79 Å². The maximum atomic E-state index is 11.7. The van der Waals surface area contributed by atoms with E-state index in [0.717, 1.165) is 11.0 Å². The molecule has 0 aliphatic rings. The van der Waals surface area contributed by atoms with E-state index in [0.29, 0.717) is 17.1 Å². The molecule has 1 amide bonds. The molecule has 2 rings (SSSR count). The summed E-state index contributed by atoms with van der Waals surface area (Å²) in [5.74, 6) is 0.265. The second-order valence-electron chi connectivity index (χ2n) is 4.48. The molecule has 24 heavy (non-hydrogen) atoms. The van der Waals surface area contributed by atoms with Gasteiger partial charge in [-0.15, -0.1) is 0 Å². The molecule has 0 saturated carbocycles. The van der Waals surface area contributed by atoms with Crippen molar-refractivity contribution in [1.82, 2.24) is 20.2 Å². The minimum atomic E-state index is -1.26. The third kappa shape index (κ3) is 4.49. The Kier molecular flexibility index (Phi) is 5.78. The van der Waals surface area contributed by atoms with Crippen LogP contribution in [0, 0.1) is 5.21 Å². The van der Waals surface area contributed by atoms with Gasteiger partial charge < -0.3 is 14.7 Å². The van der Waals surface area contributed by atoms with E-state index in [1.54, 1.807) is 18.2 Å². The monoisotopic (exact) mass is 336 g/mol. The van der Waals surface area contributed by atoms with Crippen LogP contribution in [0.3, 0.4) is 0 Å². The van der Waals surface area contributed by atoms with Crippen molar-refractivity contribution in [2.75, 3.05) is 14.2 Å². The van der Waals surface area contributed by atoms with Crippen molar-refractivity contribution in [2.24, 2.45) is 5.10 Å². The van der Waals surface area contributed by atoms with Crippen LogP contribution in [0.1, 0.15) is 5.56 Å². The number of carbonyl (C=O) groups excluding carboxylic acids is 1. The van der Waals surface area contributed by atoms with Gasteiger partial charge in [-0.2, -0.15) is 15.3 Å². The number of hydrazone groups is 1. The summed E-state index contributed by atoms with van der Waals surface area (Å²) < 4.78 is 11.4. The summed E-state index contributed by atoms with van der Waals surface area (Å²) in [5.41, 5.74) is 3.00. The fourth-order valence-electron chi connectivity index (χ4n) is 1.76. The molecule has 11 nitrogen and oxygen atoms in total. The van der Waals surface area contributed by atoms with Gasteiger partial charge in [0.05, 0.1) is 20.4 Å². The number of benzene rings is 1. The van der Waals surface area contributed by atoms with Gasteiger partial charge in [-0.05, 0) is 23.8 Å². The Morgan fingerprint density at radius 3 is 2.83 bits per heavy atom. The van der Waals surface area contributed by atoms with Gasteiger partial charge in [-0.1, -0.05) is 5.10 Å². The van der Waals surface area contributed by atoms with E-state index in [9.17, 15) is 10.0 Å². The van der Waals surface area contributed by atoms with E-state index < -0.39 is 11.1 Å². The molecule has 2 aromatic rings. The quantitative estimate of drug-likeness (QED) is 0.428. The number of quaternary nitrogens is 1. The number of amides is 1. The smallest absolute Gasteiger partial charge is 0.379 e. The number of carbonyl (C=O) groups is 1. The van der Waals surface area contributed by atoms with Crippen LogP contribution in [-0.4, -0.2) is 46.3 Å². The first-order valence-electron chi connectivity index (χ1n) is 6.70. The SMILES string of the molecule is COc1ccc(/C=N/NC(=O)Cn2cnc([NH+]([O-])O)n2)cc1OC. The molecule has 1 unspecified atom stereocenters. The van der Waals surface area contributed by atoms with Crippen molar-refractivity contribution in [3.63, 3.8) is 0 Å². The van der Waals surface area contributed by atoms with Crippen molar-refractivity contribution < 1.29 is 24.7 Å². The van der Waals surface area contributed by atoms with Gasteiger partial charge in [0.2, 0.25) is 0 Å². The third-order valence-corrected chi connectivity index (χ3v) is 2.84. The molecule has 3 N–H and O–H groups in total. The number of nitrogens with zero attached hydrogens (tertiary/aromatic N) is 4. The van der Waals surface area contributed by atoms with Gasteiger partial charge in [0.15, 0.2) is 11.5 Å². The Labute approximate surface area is 136 Å². The second-order valence-corrected chi connectivity index (χ2v) is 4.48. The maximum absolute atomic E-state index is 11.7. The van der Waals surface area contributed by atoms with Crippen LogP contribution in [0.15, 0.2) is 29.6 Å². The zero-order valence-electron chi connectivity index (χ0n) is 13.0. The Morgan fingerprint density at radius 1 is 1.46 bits per heavy atom. The van der Waals surface area contributed by atoms with E-state index in [1.165, 1.54) is 20.4 Å². The van der Waals surface area contributed by atoms with E-state index in [1.807, 2.05) is 0 Å². The minimum Gasteiger partial charge on any atom is -0.592 e. The number of hydrogen-bond donors (Lipinski definition) is 3. The summed E-state index contributed by atoms with van der Waals surface area (Å²) in [5, 5.41) is 25.5. The normalized spacial score (nSPS) is 12.2. The largest absolute Gasteiger partial charge is 0.592 e. The lowest BCUT2D eigenvalue weighted by Crippen LogP contribution is -2.99. The third-order valence-electron chi connectivity index (χ3n) is 2.84. The zero-order valence-corrected chi connectivity index (χ0v) is 13.0. The van der Waals surface area contributed by atoms with E-state index >= 15 is 0 Å². The Hall–Kier alpha value is -3.02. The summed E-state index contributed by atoms with van der Waals surface area (Å²) in [6.07, 6.45) is 2.59. The van der Waals surface area contributed by atoms with Crippen molar-refractivity contribution >= 4 is 18.1 Å². The molecule has 0 bridgehead atoms. The number of methoxy groups -OCH3 is 2. The van der Waals surface area contributed by atoms with Gasteiger partial charge in [-0.25, -0.2) is 15.3 Å². The first kappa shape index (κ1) is 17.3. The van der Waals surface area contributed by atoms with E-state index in [2.05, 4.69) is 20.6 Å². The van der Waals surface area contributed by atoms with Gasteiger partial charge in [0.1, 0.15) is 12.9 Å². The van der Waals surface area contributed by atoms with Gasteiger partial charge in [0.25, 0.3) is 5.91 Å². The summed E-state index contributed by atoms with van der Waals surface area (Å²) in [6.45, 7) is -0.205. The van der Waals surface area contributed by atoms with E-state index in [-0.39, 0.29) is 12.5 Å². The lowest BCUT2D eigenvalue weighted by molar-refractivity contribution is -0.995.